The first-order chi connectivity index (χ1) is 9.11. The fourth-order valence-electron chi connectivity index (χ4n) is 2.41. The summed E-state index contributed by atoms with van der Waals surface area (Å²) in [5.41, 5.74) is 1.06. The van der Waals surface area contributed by atoms with E-state index in [0.717, 1.165) is 38.2 Å². The Morgan fingerprint density at radius 2 is 2.05 bits per heavy atom. The van der Waals surface area contributed by atoms with E-state index in [-0.39, 0.29) is 5.41 Å². The van der Waals surface area contributed by atoms with Gasteiger partial charge in [-0.25, -0.2) is 0 Å². The fraction of sp³-hybridized carbons (Fsp3) is 0.600. The summed E-state index contributed by atoms with van der Waals surface area (Å²) in [5.74, 6) is 0. The quantitative estimate of drug-likeness (QED) is 0.873. The highest BCUT2D eigenvalue weighted by Crippen LogP contribution is 2.29. The van der Waals surface area contributed by atoms with Gasteiger partial charge in [-0.15, -0.1) is 0 Å². The average Bonchev–Trinajstić information content (AvgIpc) is 2.39. The molecule has 0 radical (unpaired) electrons. The van der Waals surface area contributed by atoms with E-state index in [1.807, 2.05) is 18.2 Å². The third-order valence-corrected chi connectivity index (χ3v) is 4.20. The first-order valence-electron chi connectivity index (χ1n) is 6.82. The van der Waals surface area contributed by atoms with Gasteiger partial charge < -0.3 is 15.2 Å². The molecule has 4 heteroatoms. The molecule has 0 amide bonds. The molecule has 19 heavy (non-hydrogen) atoms. The molecule has 2 rings (SSSR count). The number of ether oxygens (including phenoxy) is 1. The summed E-state index contributed by atoms with van der Waals surface area (Å²) in [4.78, 5) is 0. The van der Waals surface area contributed by atoms with E-state index in [0.29, 0.717) is 11.6 Å². The molecule has 1 heterocycles. The zero-order valence-electron chi connectivity index (χ0n) is 11.4. The van der Waals surface area contributed by atoms with Crippen molar-refractivity contribution in [1.29, 1.82) is 0 Å². The Hall–Kier alpha value is -0.610. The van der Waals surface area contributed by atoms with Gasteiger partial charge >= 0.3 is 0 Å². The predicted molar refractivity (Wildman–Crippen MR) is 77.4 cm³/mol. The fourth-order valence-corrected chi connectivity index (χ4v) is 2.67. The van der Waals surface area contributed by atoms with Gasteiger partial charge in [0.25, 0.3) is 0 Å². The maximum atomic E-state index is 10.1. The molecule has 1 saturated heterocycles. The van der Waals surface area contributed by atoms with Crippen molar-refractivity contribution in [1.82, 2.24) is 5.32 Å². The molecule has 2 N–H and O–H groups in total. The summed E-state index contributed by atoms with van der Waals surface area (Å²) in [7, 11) is 0. The number of aliphatic hydroxyl groups excluding tert-OH is 1. The van der Waals surface area contributed by atoms with Crippen molar-refractivity contribution in [3.05, 3.63) is 34.9 Å². The summed E-state index contributed by atoms with van der Waals surface area (Å²) < 4.78 is 5.38. The Morgan fingerprint density at radius 3 is 2.74 bits per heavy atom. The van der Waals surface area contributed by atoms with E-state index in [4.69, 9.17) is 16.3 Å². The van der Waals surface area contributed by atoms with Gasteiger partial charge in [-0.05, 0) is 24.3 Å². The van der Waals surface area contributed by atoms with Crippen LogP contribution in [0, 0.1) is 5.41 Å². The summed E-state index contributed by atoms with van der Waals surface area (Å²) in [6.45, 7) is 5.37. The first kappa shape index (κ1) is 14.8. The van der Waals surface area contributed by atoms with Crippen molar-refractivity contribution < 1.29 is 9.84 Å². The Balaban J connectivity index is 1.81. The van der Waals surface area contributed by atoms with Crippen LogP contribution in [0.4, 0.5) is 0 Å². The van der Waals surface area contributed by atoms with Gasteiger partial charge in [0.1, 0.15) is 0 Å². The second-order valence-corrected chi connectivity index (χ2v) is 6.00. The highest BCUT2D eigenvalue weighted by atomic mass is 35.5. The van der Waals surface area contributed by atoms with Crippen LogP contribution in [0.5, 0.6) is 0 Å². The first-order valence-corrected chi connectivity index (χ1v) is 7.19. The zero-order valence-corrected chi connectivity index (χ0v) is 12.1. The Morgan fingerprint density at radius 1 is 1.37 bits per heavy atom. The van der Waals surface area contributed by atoms with Gasteiger partial charge in [0.15, 0.2) is 0 Å². The molecule has 1 aromatic carbocycles. The molecule has 1 unspecified atom stereocenters. The molecule has 3 nitrogen and oxygen atoms in total. The zero-order chi connectivity index (χ0) is 13.7. The highest BCUT2D eigenvalue weighted by molar-refractivity contribution is 6.31. The van der Waals surface area contributed by atoms with Crippen molar-refractivity contribution in [3.8, 4) is 0 Å². The number of aliphatic hydroxyl groups is 1. The Bertz CT molecular complexity index is 405. The molecule has 1 atom stereocenters. The van der Waals surface area contributed by atoms with Crippen LogP contribution in [0.3, 0.4) is 0 Å². The van der Waals surface area contributed by atoms with Gasteiger partial charge in [0.05, 0.1) is 6.10 Å². The van der Waals surface area contributed by atoms with E-state index in [2.05, 4.69) is 12.2 Å². The number of benzene rings is 1. The Labute approximate surface area is 119 Å². The van der Waals surface area contributed by atoms with Crippen LogP contribution in [0.1, 0.15) is 31.4 Å². The molecule has 0 saturated carbocycles. The lowest BCUT2D eigenvalue weighted by Crippen LogP contribution is -2.38. The van der Waals surface area contributed by atoms with Crippen molar-refractivity contribution in [2.45, 2.75) is 25.9 Å². The van der Waals surface area contributed by atoms with E-state index >= 15 is 0 Å². The normalized spacial score (nSPS) is 20.2. The summed E-state index contributed by atoms with van der Waals surface area (Å²) >= 11 is 6.07. The lowest BCUT2D eigenvalue weighted by atomic mass is 9.82. The van der Waals surface area contributed by atoms with Crippen molar-refractivity contribution in [2.75, 3.05) is 26.3 Å². The molecule has 0 bridgehead atoms. The van der Waals surface area contributed by atoms with Crippen LogP contribution >= 0.6 is 11.6 Å². The van der Waals surface area contributed by atoms with Crippen LogP contribution in [-0.2, 0) is 4.74 Å². The number of rotatable bonds is 5. The van der Waals surface area contributed by atoms with Crippen LogP contribution in [0.25, 0.3) is 0 Å². The van der Waals surface area contributed by atoms with Gasteiger partial charge in [0, 0.05) is 36.9 Å². The summed E-state index contributed by atoms with van der Waals surface area (Å²) in [6, 6.07) is 7.43. The van der Waals surface area contributed by atoms with E-state index in [9.17, 15) is 5.11 Å². The molecule has 1 aliphatic rings. The topological polar surface area (TPSA) is 41.5 Å². The molecule has 1 aromatic rings. The Kier molecular flexibility index (Phi) is 5.22. The smallest absolute Gasteiger partial charge is 0.0928 e. The molecular weight excluding hydrogens is 262 g/mol. The van der Waals surface area contributed by atoms with Crippen LogP contribution < -0.4 is 5.32 Å². The largest absolute Gasteiger partial charge is 0.387 e. The van der Waals surface area contributed by atoms with E-state index < -0.39 is 6.10 Å². The highest BCUT2D eigenvalue weighted by Gasteiger charge is 2.27. The van der Waals surface area contributed by atoms with Crippen LogP contribution in [0.15, 0.2) is 24.3 Å². The maximum absolute atomic E-state index is 10.1. The van der Waals surface area contributed by atoms with Crippen molar-refractivity contribution in [3.63, 3.8) is 0 Å². The number of halogens is 1. The standard InChI is InChI=1S/C15H22ClNO2/c1-15(6-8-19-9-7-15)11-17-10-14(18)12-4-2-3-5-13(12)16/h2-5,14,17-18H,6-11H2,1H3. The average molecular weight is 284 g/mol. The summed E-state index contributed by atoms with van der Waals surface area (Å²) in [5, 5.41) is 14.1. The second-order valence-electron chi connectivity index (χ2n) is 5.59. The molecule has 1 fully saturated rings. The third-order valence-electron chi connectivity index (χ3n) is 3.85. The second kappa shape index (κ2) is 6.71. The van der Waals surface area contributed by atoms with Crippen LogP contribution in [0.2, 0.25) is 5.02 Å². The number of hydrogen-bond acceptors (Lipinski definition) is 3. The molecule has 106 valence electrons. The van der Waals surface area contributed by atoms with Gasteiger partial charge in [-0.2, -0.15) is 0 Å². The number of nitrogens with one attached hydrogen (secondary N) is 1. The van der Waals surface area contributed by atoms with Crippen molar-refractivity contribution >= 4 is 11.6 Å². The molecule has 0 spiro atoms. The van der Waals surface area contributed by atoms with Crippen LogP contribution in [-0.4, -0.2) is 31.4 Å². The van der Waals surface area contributed by atoms with Gasteiger partial charge in [-0.1, -0.05) is 36.7 Å². The van der Waals surface area contributed by atoms with Gasteiger partial charge in [0.2, 0.25) is 0 Å². The lowest BCUT2D eigenvalue weighted by molar-refractivity contribution is 0.0227. The minimum Gasteiger partial charge on any atom is -0.387 e. The maximum Gasteiger partial charge on any atom is 0.0928 e. The van der Waals surface area contributed by atoms with E-state index in [1.165, 1.54) is 0 Å². The molecule has 0 aliphatic carbocycles. The third kappa shape index (κ3) is 4.18. The van der Waals surface area contributed by atoms with E-state index in [1.54, 1.807) is 6.07 Å². The van der Waals surface area contributed by atoms with Gasteiger partial charge in [-0.3, -0.25) is 0 Å². The number of hydrogen-bond donors (Lipinski definition) is 2. The minimum atomic E-state index is -0.558. The monoisotopic (exact) mass is 283 g/mol. The van der Waals surface area contributed by atoms with Crippen molar-refractivity contribution in [2.24, 2.45) is 5.41 Å². The summed E-state index contributed by atoms with van der Waals surface area (Å²) in [6.07, 6.45) is 1.59. The molecule has 0 aromatic heterocycles. The minimum absolute atomic E-state index is 0.276. The predicted octanol–water partition coefficient (Wildman–Crippen LogP) is 2.78. The lowest BCUT2D eigenvalue weighted by Gasteiger charge is -2.34. The molecular formula is C15H22ClNO2. The molecule has 1 aliphatic heterocycles. The SMILES string of the molecule is CC1(CNCC(O)c2ccccc2Cl)CCOCC1.